The van der Waals surface area contributed by atoms with Crippen molar-refractivity contribution in [2.75, 3.05) is 0 Å². The lowest BCUT2D eigenvalue weighted by Crippen LogP contribution is -2.29. The Balaban J connectivity index is 1.69. The van der Waals surface area contributed by atoms with E-state index in [9.17, 15) is 5.11 Å². The lowest BCUT2D eigenvalue weighted by molar-refractivity contribution is 0.0610. The molecule has 0 saturated heterocycles. The summed E-state index contributed by atoms with van der Waals surface area (Å²) in [6, 6.07) is 15.5. The number of benzene rings is 2. The molecule has 1 aliphatic carbocycles. The van der Waals surface area contributed by atoms with Crippen molar-refractivity contribution in [3.8, 4) is 23.0 Å². The Bertz CT molecular complexity index is 1250. The quantitative estimate of drug-likeness (QED) is 0.396. The molecular formula is C33H37NO. The molecule has 0 unspecified atom stereocenters. The summed E-state index contributed by atoms with van der Waals surface area (Å²) in [6.45, 7) is 14.8. The van der Waals surface area contributed by atoms with Crippen molar-refractivity contribution in [2.45, 2.75) is 83.7 Å². The zero-order valence-corrected chi connectivity index (χ0v) is 21.6. The summed E-state index contributed by atoms with van der Waals surface area (Å²) in [7, 11) is 0. The largest absolute Gasteiger partial charge is 0.378 e. The van der Waals surface area contributed by atoms with Crippen LogP contribution < -0.4 is 0 Å². The van der Waals surface area contributed by atoms with E-state index >= 15 is 0 Å². The molecule has 2 radical (unpaired) electrons. The average Bonchev–Trinajstić information content (AvgIpc) is 2.85. The van der Waals surface area contributed by atoms with E-state index in [0.29, 0.717) is 5.56 Å². The number of nitrogens with zero attached hydrogens (tertiary/aromatic N) is 1. The van der Waals surface area contributed by atoms with Gasteiger partial charge in [-0.2, -0.15) is 0 Å². The van der Waals surface area contributed by atoms with Crippen LogP contribution in [0.5, 0.6) is 0 Å². The molecule has 2 aromatic carbocycles. The molecule has 35 heavy (non-hydrogen) atoms. The maximum Gasteiger partial charge on any atom is 0.125 e. The number of rotatable bonds is 5. The van der Waals surface area contributed by atoms with Gasteiger partial charge in [0.15, 0.2) is 0 Å². The molecule has 1 aromatic heterocycles. The molecule has 0 aliphatic heterocycles. The van der Waals surface area contributed by atoms with Crippen LogP contribution in [0, 0.1) is 32.6 Å². The summed E-state index contributed by atoms with van der Waals surface area (Å²) < 4.78 is 0. The molecule has 1 heterocycles. The highest BCUT2D eigenvalue weighted by atomic mass is 16.3. The smallest absolute Gasteiger partial charge is 0.125 e. The second-order valence-electron chi connectivity index (χ2n) is 10.2. The SMILES string of the molecule is [CH]c1cncc(-c2ccc(C(CC)(CC)c3ccc(C#CC4(O)CCCCC4)c(C)c3)cc2C)c1. The van der Waals surface area contributed by atoms with E-state index < -0.39 is 5.60 Å². The molecule has 1 N–H and O–H groups in total. The third-order valence-corrected chi connectivity index (χ3v) is 7.95. The maximum atomic E-state index is 10.8. The molecule has 0 bridgehead atoms. The predicted molar refractivity (Wildman–Crippen MR) is 145 cm³/mol. The predicted octanol–water partition coefficient (Wildman–Crippen LogP) is 7.58. The number of aryl methyl sites for hydroxylation is 2. The zero-order valence-electron chi connectivity index (χ0n) is 21.6. The van der Waals surface area contributed by atoms with Gasteiger partial charge in [-0.1, -0.05) is 62.4 Å². The van der Waals surface area contributed by atoms with Crippen LogP contribution in [-0.2, 0) is 5.41 Å². The van der Waals surface area contributed by atoms with Crippen LogP contribution in [0.15, 0.2) is 54.9 Å². The average molecular weight is 464 g/mol. The van der Waals surface area contributed by atoms with Gasteiger partial charge in [-0.15, -0.1) is 0 Å². The molecule has 2 heteroatoms. The normalized spacial score (nSPS) is 15.4. The minimum absolute atomic E-state index is 0.0739. The summed E-state index contributed by atoms with van der Waals surface area (Å²) in [5, 5.41) is 10.8. The highest BCUT2D eigenvalue weighted by molar-refractivity contribution is 5.68. The van der Waals surface area contributed by atoms with Crippen LogP contribution in [0.3, 0.4) is 0 Å². The Morgan fingerprint density at radius 2 is 1.57 bits per heavy atom. The van der Waals surface area contributed by atoms with Gasteiger partial charge < -0.3 is 5.11 Å². The fourth-order valence-electron chi connectivity index (χ4n) is 5.67. The van der Waals surface area contributed by atoms with Gasteiger partial charge in [0.25, 0.3) is 0 Å². The fraction of sp³-hybridized carbons (Fsp3) is 0.394. The van der Waals surface area contributed by atoms with Gasteiger partial charge in [-0.3, -0.25) is 4.98 Å². The Kier molecular flexibility index (Phi) is 7.48. The van der Waals surface area contributed by atoms with Gasteiger partial charge in [0.2, 0.25) is 0 Å². The summed E-state index contributed by atoms with van der Waals surface area (Å²) in [5.41, 5.74) is 8.04. The van der Waals surface area contributed by atoms with Crippen LogP contribution >= 0.6 is 0 Å². The van der Waals surface area contributed by atoms with Crippen LogP contribution in [-0.4, -0.2) is 15.7 Å². The Labute approximate surface area is 211 Å². The van der Waals surface area contributed by atoms with Crippen molar-refractivity contribution in [1.82, 2.24) is 4.98 Å². The first kappa shape index (κ1) is 25.2. The van der Waals surface area contributed by atoms with Crippen molar-refractivity contribution >= 4 is 0 Å². The third-order valence-electron chi connectivity index (χ3n) is 7.95. The highest BCUT2D eigenvalue weighted by Crippen LogP contribution is 2.41. The molecule has 4 rings (SSSR count). The number of pyridine rings is 1. The fourth-order valence-corrected chi connectivity index (χ4v) is 5.67. The van der Waals surface area contributed by atoms with Crippen LogP contribution in [0.1, 0.15) is 92.2 Å². The van der Waals surface area contributed by atoms with E-state index in [-0.39, 0.29) is 5.41 Å². The lowest BCUT2D eigenvalue weighted by Gasteiger charge is -2.34. The van der Waals surface area contributed by atoms with E-state index in [0.717, 1.165) is 55.2 Å². The van der Waals surface area contributed by atoms with Gasteiger partial charge in [-0.05, 0) is 97.9 Å². The Hall–Kier alpha value is -2.89. The standard InChI is InChI=1S/C33H37NO/c1-6-33(7-2,30-13-14-31(26(5)21-30)28-19-24(3)22-34-23-28)29-12-11-27(25(4)20-29)15-18-32(35)16-9-8-10-17-32/h3,11-14,19-23,35H,6-10,16-17H2,1-2,4-5H3. The van der Waals surface area contributed by atoms with Crippen molar-refractivity contribution in [3.05, 3.63) is 95.2 Å². The van der Waals surface area contributed by atoms with Crippen molar-refractivity contribution < 1.29 is 5.11 Å². The molecular weight excluding hydrogens is 426 g/mol. The number of aromatic nitrogens is 1. The zero-order chi connectivity index (χ0) is 25.1. The van der Waals surface area contributed by atoms with Gasteiger partial charge >= 0.3 is 0 Å². The van der Waals surface area contributed by atoms with Crippen LogP contribution in [0.25, 0.3) is 11.1 Å². The van der Waals surface area contributed by atoms with Crippen LogP contribution in [0.2, 0.25) is 0 Å². The highest BCUT2D eigenvalue weighted by Gasteiger charge is 2.31. The van der Waals surface area contributed by atoms with Gasteiger partial charge in [0, 0.05) is 35.9 Å². The van der Waals surface area contributed by atoms with Crippen molar-refractivity contribution in [2.24, 2.45) is 0 Å². The van der Waals surface area contributed by atoms with Gasteiger partial charge in [0.1, 0.15) is 5.60 Å². The Morgan fingerprint density at radius 1 is 0.914 bits per heavy atom. The summed E-state index contributed by atoms with van der Waals surface area (Å²) in [5.74, 6) is 6.50. The summed E-state index contributed by atoms with van der Waals surface area (Å²) in [4.78, 5) is 4.27. The monoisotopic (exact) mass is 463 g/mol. The minimum atomic E-state index is -0.821. The molecule has 0 atom stereocenters. The second-order valence-corrected chi connectivity index (χ2v) is 10.2. The van der Waals surface area contributed by atoms with E-state index in [1.54, 1.807) is 6.20 Å². The number of aliphatic hydroxyl groups is 1. The minimum Gasteiger partial charge on any atom is -0.378 e. The third kappa shape index (κ3) is 5.21. The van der Waals surface area contributed by atoms with E-state index in [1.807, 2.05) is 12.3 Å². The lowest BCUT2D eigenvalue weighted by atomic mass is 9.69. The molecule has 180 valence electrons. The van der Waals surface area contributed by atoms with E-state index in [4.69, 9.17) is 6.92 Å². The number of hydrogen-bond donors (Lipinski definition) is 1. The molecule has 2 nitrogen and oxygen atoms in total. The first-order chi connectivity index (χ1) is 16.8. The molecule has 1 saturated carbocycles. The number of hydrogen-bond acceptors (Lipinski definition) is 2. The van der Waals surface area contributed by atoms with Gasteiger partial charge in [0.05, 0.1) is 0 Å². The first-order valence-corrected chi connectivity index (χ1v) is 13.0. The molecule has 1 fully saturated rings. The maximum absolute atomic E-state index is 10.8. The molecule has 1 aliphatic rings. The Morgan fingerprint density at radius 3 is 2.17 bits per heavy atom. The second kappa shape index (κ2) is 10.4. The molecule has 0 spiro atoms. The first-order valence-electron chi connectivity index (χ1n) is 13.0. The van der Waals surface area contributed by atoms with Crippen LogP contribution in [0.4, 0.5) is 0 Å². The van der Waals surface area contributed by atoms with E-state index in [1.165, 1.54) is 28.7 Å². The molecule has 0 amide bonds. The van der Waals surface area contributed by atoms with Crippen molar-refractivity contribution in [1.29, 1.82) is 0 Å². The molecule has 3 aromatic rings. The van der Waals surface area contributed by atoms with Crippen molar-refractivity contribution in [3.63, 3.8) is 0 Å². The topological polar surface area (TPSA) is 33.1 Å². The van der Waals surface area contributed by atoms with E-state index in [2.05, 4.69) is 80.9 Å². The summed E-state index contributed by atoms with van der Waals surface area (Å²) >= 11 is 0. The van der Waals surface area contributed by atoms with Gasteiger partial charge in [-0.25, -0.2) is 0 Å². The summed E-state index contributed by atoms with van der Waals surface area (Å²) in [6.07, 6.45) is 10.5.